The molecule has 0 amide bonds. The SMILES string of the molecule is COC(=O)c1cc(C(=O)OC)cc(S(=O)(=O)NC2CCCc3c2cnn3C)c1. The van der Waals surface area contributed by atoms with Gasteiger partial charge < -0.3 is 9.47 Å². The highest BCUT2D eigenvalue weighted by molar-refractivity contribution is 7.89. The third kappa shape index (κ3) is 3.78. The number of rotatable bonds is 5. The average Bonchev–Trinajstić information content (AvgIpc) is 3.08. The molecule has 28 heavy (non-hydrogen) atoms. The van der Waals surface area contributed by atoms with Crippen molar-refractivity contribution in [1.29, 1.82) is 0 Å². The highest BCUT2D eigenvalue weighted by atomic mass is 32.2. The normalized spacial score (nSPS) is 16.3. The molecule has 3 rings (SSSR count). The molecule has 10 heteroatoms. The first kappa shape index (κ1) is 20.0. The molecule has 1 aromatic carbocycles. The number of carbonyl (C=O) groups is 2. The smallest absolute Gasteiger partial charge is 0.337 e. The summed E-state index contributed by atoms with van der Waals surface area (Å²) in [7, 11) is 0.138. The molecule has 1 N–H and O–H groups in total. The second-order valence-electron chi connectivity index (χ2n) is 6.47. The zero-order chi connectivity index (χ0) is 20.5. The van der Waals surface area contributed by atoms with Crippen molar-refractivity contribution in [3.8, 4) is 0 Å². The van der Waals surface area contributed by atoms with Crippen LogP contribution >= 0.6 is 0 Å². The van der Waals surface area contributed by atoms with E-state index < -0.39 is 28.0 Å². The fourth-order valence-corrected chi connectivity index (χ4v) is 4.63. The Kier molecular flexibility index (Phi) is 5.52. The molecule has 0 radical (unpaired) electrons. The number of hydrogen-bond acceptors (Lipinski definition) is 7. The van der Waals surface area contributed by atoms with Crippen LogP contribution in [0.1, 0.15) is 50.9 Å². The van der Waals surface area contributed by atoms with Gasteiger partial charge in [-0.3, -0.25) is 4.68 Å². The summed E-state index contributed by atoms with van der Waals surface area (Å²) in [5, 5.41) is 4.21. The molecule has 1 atom stereocenters. The highest BCUT2D eigenvalue weighted by Gasteiger charge is 2.29. The van der Waals surface area contributed by atoms with Crippen LogP contribution in [0, 0.1) is 0 Å². The van der Waals surface area contributed by atoms with Crippen LogP contribution in [-0.2, 0) is 33.0 Å². The predicted octanol–water partition coefficient (Wildman–Crippen LogP) is 1.35. The van der Waals surface area contributed by atoms with Crippen molar-refractivity contribution >= 4 is 22.0 Å². The zero-order valence-electron chi connectivity index (χ0n) is 15.8. The number of hydrogen-bond donors (Lipinski definition) is 1. The molecule has 1 aromatic heterocycles. The number of sulfonamides is 1. The molecule has 1 heterocycles. The molecular formula is C18H21N3O6S. The van der Waals surface area contributed by atoms with Gasteiger partial charge in [-0.2, -0.15) is 5.10 Å². The van der Waals surface area contributed by atoms with Crippen LogP contribution < -0.4 is 4.72 Å². The van der Waals surface area contributed by atoms with Crippen molar-refractivity contribution in [1.82, 2.24) is 14.5 Å². The fraction of sp³-hybridized carbons (Fsp3) is 0.389. The van der Waals surface area contributed by atoms with Crippen LogP contribution in [0.2, 0.25) is 0 Å². The van der Waals surface area contributed by atoms with E-state index in [4.69, 9.17) is 0 Å². The van der Waals surface area contributed by atoms with Crippen LogP contribution in [-0.4, -0.2) is 44.4 Å². The number of aryl methyl sites for hydroxylation is 1. The maximum absolute atomic E-state index is 13.0. The molecule has 0 saturated heterocycles. The summed E-state index contributed by atoms with van der Waals surface area (Å²) >= 11 is 0. The van der Waals surface area contributed by atoms with Gasteiger partial charge in [-0.25, -0.2) is 22.7 Å². The quantitative estimate of drug-likeness (QED) is 0.744. The summed E-state index contributed by atoms with van der Waals surface area (Å²) < 4.78 is 39.7. The Hall–Kier alpha value is -2.72. The zero-order valence-corrected chi connectivity index (χ0v) is 16.6. The first-order valence-corrected chi connectivity index (χ1v) is 10.1. The summed E-state index contributed by atoms with van der Waals surface area (Å²) in [5.74, 6) is -1.51. The Labute approximate surface area is 162 Å². The van der Waals surface area contributed by atoms with Crippen LogP contribution in [0.3, 0.4) is 0 Å². The molecule has 9 nitrogen and oxygen atoms in total. The van der Waals surface area contributed by atoms with E-state index in [0.717, 1.165) is 24.1 Å². The van der Waals surface area contributed by atoms with E-state index in [1.807, 2.05) is 7.05 Å². The van der Waals surface area contributed by atoms with Crippen LogP contribution in [0.5, 0.6) is 0 Å². The molecule has 1 aliphatic carbocycles. The maximum atomic E-state index is 13.0. The molecule has 0 spiro atoms. The second-order valence-corrected chi connectivity index (χ2v) is 8.18. The molecule has 150 valence electrons. The monoisotopic (exact) mass is 407 g/mol. The maximum Gasteiger partial charge on any atom is 0.337 e. The minimum atomic E-state index is -4.02. The highest BCUT2D eigenvalue weighted by Crippen LogP contribution is 2.31. The Morgan fingerprint density at radius 1 is 1.14 bits per heavy atom. The molecule has 0 saturated carbocycles. The van der Waals surface area contributed by atoms with Gasteiger partial charge in [-0.1, -0.05) is 0 Å². The van der Waals surface area contributed by atoms with Gasteiger partial charge >= 0.3 is 11.9 Å². The second kappa shape index (κ2) is 7.72. The number of ether oxygens (including phenoxy) is 2. The van der Waals surface area contributed by atoms with Gasteiger partial charge in [0.15, 0.2) is 0 Å². The Morgan fingerprint density at radius 3 is 2.32 bits per heavy atom. The first-order chi connectivity index (χ1) is 13.3. The predicted molar refractivity (Wildman–Crippen MR) is 98.3 cm³/mol. The van der Waals surface area contributed by atoms with E-state index >= 15 is 0 Å². The number of fused-ring (bicyclic) bond motifs is 1. The van der Waals surface area contributed by atoms with Crippen LogP contribution in [0.25, 0.3) is 0 Å². The average molecular weight is 407 g/mol. The van der Waals surface area contributed by atoms with Gasteiger partial charge in [-0.15, -0.1) is 0 Å². The van der Waals surface area contributed by atoms with E-state index in [1.165, 1.54) is 32.4 Å². The van der Waals surface area contributed by atoms with E-state index in [-0.39, 0.29) is 16.0 Å². The molecular weight excluding hydrogens is 386 g/mol. The number of nitrogens with zero attached hydrogens (tertiary/aromatic N) is 2. The first-order valence-electron chi connectivity index (χ1n) is 8.61. The topological polar surface area (TPSA) is 117 Å². The molecule has 0 aliphatic heterocycles. The fourth-order valence-electron chi connectivity index (χ4n) is 3.31. The minimum Gasteiger partial charge on any atom is -0.465 e. The molecule has 1 aliphatic rings. The molecule has 0 fully saturated rings. The van der Waals surface area contributed by atoms with Crippen molar-refractivity contribution in [2.24, 2.45) is 7.05 Å². The lowest BCUT2D eigenvalue weighted by atomic mass is 9.94. The number of methoxy groups -OCH3 is 2. The van der Waals surface area contributed by atoms with Crippen molar-refractivity contribution in [3.05, 3.63) is 46.8 Å². The number of aromatic nitrogens is 2. The van der Waals surface area contributed by atoms with Crippen molar-refractivity contribution in [2.45, 2.75) is 30.2 Å². The lowest BCUT2D eigenvalue weighted by molar-refractivity contribution is 0.0598. The molecule has 0 bridgehead atoms. The van der Waals surface area contributed by atoms with E-state index in [2.05, 4.69) is 19.3 Å². The lowest BCUT2D eigenvalue weighted by Gasteiger charge is -2.23. The van der Waals surface area contributed by atoms with Crippen molar-refractivity contribution in [2.75, 3.05) is 14.2 Å². The van der Waals surface area contributed by atoms with Gasteiger partial charge in [0.2, 0.25) is 10.0 Å². The number of nitrogens with one attached hydrogen (secondary N) is 1. The third-order valence-electron chi connectivity index (χ3n) is 4.73. The van der Waals surface area contributed by atoms with Crippen molar-refractivity contribution in [3.63, 3.8) is 0 Å². The summed E-state index contributed by atoms with van der Waals surface area (Å²) in [5.41, 5.74) is 1.69. The standard InChI is InChI=1S/C18H21N3O6S/c1-21-16-6-4-5-15(14(16)10-19-21)20-28(24,25)13-8-11(17(22)26-2)7-12(9-13)18(23)27-3/h7-10,15,20H,4-6H2,1-3H3. The third-order valence-corrected chi connectivity index (χ3v) is 6.18. The molecule has 1 unspecified atom stereocenters. The Morgan fingerprint density at radius 2 is 1.75 bits per heavy atom. The summed E-state index contributed by atoms with van der Waals surface area (Å²) in [6.45, 7) is 0. The van der Waals surface area contributed by atoms with Gasteiger partial charge in [0.05, 0.1) is 42.5 Å². The number of benzene rings is 1. The van der Waals surface area contributed by atoms with Crippen molar-refractivity contribution < 1.29 is 27.5 Å². The van der Waals surface area contributed by atoms with E-state index in [0.29, 0.717) is 6.42 Å². The largest absolute Gasteiger partial charge is 0.465 e. The van der Waals surface area contributed by atoms with Gasteiger partial charge in [-0.05, 0) is 37.5 Å². The van der Waals surface area contributed by atoms with Gasteiger partial charge in [0.1, 0.15) is 0 Å². The van der Waals surface area contributed by atoms with Crippen LogP contribution in [0.15, 0.2) is 29.3 Å². The number of esters is 2. The van der Waals surface area contributed by atoms with E-state index in [1.54, 1.807) is 10.9 Å². The summed E-state index contributed by atoms with van der Waals surface area (Å²) in [6.07, 6.45) is 3.93. The summed E-state index contributed by atoms with van der Waals surface area (Å²) in [4.78, 5) is 23.6. The summed E-state index contributed by atoms with van der Waals surface area (Å²) in [6, 6.07) is 3.14. The Balaban J connectivity index is 1.99. The van der Waals surface area contributed by atoms with Crippen LogP contribution in [0.4, 0.5) is 0 Å². The Bertz CT molecular complexity index is 994. The lowest BCUT2D eigenvalue weighted by Crippen LogP contribution is -2.31. The number of carbonyl (C=O) groups excluding carboxylic acids is 2. The minimum absolute atomic E-state index is 0.0588. The molecule has 2 aromatic rings. The van der Waals surface area contributed by atoms with Gasteiger partial charge in [0, 0.05) is 18.3 Å². The van der Waals surface area contributed by atoms with Gasteiger partial charge in [0.25, 0.3) is 0 Å². The van der Waals surface area contributed by atoms with E-state index in [9.17, 15) is 18.0 Å².